The number of rotatable bonds is 3. The molecule has 3 aromatic rings. The smallest absolute Gasteiger partial charge is 0.0998 e. The third kappa shape index (κ3) is 3.29. The van der Waals surface area contributed by atoms with Gasteiger partial charge in [-0.2, -0.15) is 5.26 Å². The Bertz CT molecular complexity index is 1050. The molecule has 3 rings (SSSR count). The Morgan fingerprint density at radius 2 is 1.69 bits per heavy atom. The highest BCUT2D eigenvalue weighted by atomic mass is 35.5. The summed E-state index contributed by atoms with van der Waals surface area (Å²) in [5.74, 6) is 0. The van der Waals surface area contributed by atoms with E-state index < -0.39 is 0 Å². The first-order valence-corrected chi connectivity index (χ1v) is 9.00. The van der Waals surface area contributed by atoms with E-state index in [1.165, 1.54) is 0 Å². The van der Waals surface area contributed by atoms with Gasteiger partial charge < -0.3 is 4.57 Å². The van der Waals surface area contributed by atoms with Gasteiger partial charge in [0.05, 0.1) is 11.6 Å². The number of aryl methyl sites for hydroxylation is 1. The van der Waals surface area contributed by atoms with Crippen LogP contribution in [0.15, 0.2) is 48.5 Å². The van der Waals surface area contributed by atoms with E-state index in [1.807, 2.05) is 63.2 Å². The summed E-state index contributed by atoms with van der Waals surface area (Å²) in [5.41, 5.74) is 6.46. The fraction of sp³-hybridized carbons (Fsp3) is 0.136. The van der Waals surface area contributed by atoms with Gasteiger partial charge in [0.25, 0.3) is 0 Å². The van der Waals surface area contributed by atoms with E-state index in [-0.39, 0.29) is 0 Å². The molecule has 0 aliphatic rings. The maximum absolute atomic E-state index is 9.63. The normalized spacial score (nSPS) is 11.5. The second-order valence-corrected chi connectivity index (χ2v) is 7.01. The van der Waals surface area contributed by atoms with E-state index in [4.69, 9.17) is 23.2 Å². The molecule has 0 aliphatic carbocycles. The summed E-state index contributed by atoms with van der Waals surface area (Å²) in [6.07, 6.45) is 1.89. The molecule has 0 unspecified atom stereocenters. The van der Waals surface area contributed by atoms with Gasteiger partial charge in [0.1, 0.15) is 0 Å². The zero-order valence-corrected chi connectivity index (χ0v) is 16.4. The zero-order chi connectivity index (χ0) is 18.8. The van der Waals surface area contributed by atoms with Crippen LogP contribution in [0.1, 0.15) is 28.1 Å². The van der Waals surface area contributed by atoms with Crippen molar-refractivity contribution < 1.29 is 0 Å². The van der Waals surface area contributed by atoms with Gasteiger partial charge in [0.2, 0.25) is 0 Å². The Morgan fingerprint density at radius 1 is 1.00 bits per heavy atom. The molecule has 130 valence electrons. The molecule has 26 heavy (non-hydrogen) atoms. The van der Waals surface area contributed by atoms with E-state index in [1.54, 1.807) is 6.07 Å². The van der Waals surface area contributed by atoms with Crippen LogP contribution in [-0.4, -0.2) is 4.57 Å². The maximum Gasteiger partial charge on any atom is 0.0998 e. The van der Waals surface area contributed by atoms with Gasteiger partial charge >= 0.3 is 0 Å². The van der Waals surface area contributed by atoms with Crippen LogP contribution in [0.5, 0.6) is 0 Å². The minimum Gasteiger partial charge on any atom is -0.318 e. The lowest BCUT2D eigenvalue weighted by Gasteiger charge is -2.13. The summed E-state index contributed by atoms with van der Waals surface area (Å²) in [5, 5.41) is 10.9. The minimum absolute atomic E-state index is 0.540. The first kappa shape index (κ1) is 18.3. The van der Waals surface area contributed by atoms with Gasteiger partial charge in [-0.25, -0.2) is 0 Å². The standard InChI is InChI=1S/C22H18Cl2N2/c1-14-11-17(12-18(13-25)19-7-4-5-8-21(19)24)16(3)26(14)22-10-6-9-20(23)15(22)2/h4-12H,1-3H3. The lowest BCUT2D eigenvalue weighted by atomic mass is 10.0. The molecule has 2 nitrogen and oxygen atoms in total. The Kier molecular flexibility index (Phi) is 5.23. The molecule has 4 heteroatoms. The predicted molar refractivity (Wildman–Crippen MR) is 110 cm³/mol. The van der Waals surface area contributed by atoms with Crippen LogP contribution in [0.3, 0.4) is 0 Å². The number of hydrogen-bond donors (Lipinski definition) is 0. The number of halogens is 2. The van der Waals surface area contributed by atoms with E-state index >= 15 is 0 Å². The molecule has 0 radical (unpaired) electrons. The fourth-order valence-corrected chi connectivity index (χ4v) is 3.56. The van der Waals surface area contributed by atoms with Crippen LogP contribution in [0.25, 0.3) is 17.3 Å². The molecular weight excluding hydrogens is 363 g/mol. The molecule has 0 fully saturated rings. The van der Waals surface area contributed by atoms with E-state index in [9.17, 15) is 5.26 Å². The molecule has 2 aromatic carbocycles. The predicted octanol–water partition coefficient (Wildman–Crippen LogP) is 6.77. The van der Waals surface area contributed by atoms with Gasteiger partial charge in [0, 0.05) is 32.7 Å². The summed E-state index contributed by atoms with van der Waals surface area (Å²) in [4.78, 5) is 0. The Morgan fingerprint density at radius 3 is 2.38 bits per heavy atom. The first-order chi connectivity index (χ1) is 12.4. The molecule has 1 aromatic heterocycles. The van der Waals surface area contributed by atoms with Crippen LogP contribution in [0.2, 0.25) is 10.0 Å². The molecule has 0 bridgehead atoms. The van der Waals surface area contributed by atoms with E-state index in [2.05, 4.69) is 16.7 Å². The number of benzene rings is 2. The van der Waals surface area contributed by atoms with E-state index in [0.29, 0.717) is 10.6 Å². The van der Waals surface area contributed by atoms with Crippen LogP contribution in [0.4, 0.5) is 0 Å². The number of allylic oxidation sites excluding steroid dienone is 1. The summed E-state index contributed by atoms with van der Waals surface area (Å²) < 4.78 is 2.16. The zero-order valence-electron chi connectivity index (χ0n) is 14.8. The quantitative estimate of drug-likeness (QED) is 0.460. The van der Waals surface area contributed by atoms with Crippen molar-refractivity contribution in [3.8, 4) is 11.8 Å². The highest BCUT2D eigenvalue weighted by Crippen LogP contribution is 2.30. The average molecular weight is 381 g/mol. The third-order valence-corrected chi connectivity index (χ3v) is 5.27. The lowest BCUT2D eigenvalue weighted by molar-refractivity contribution is 0.954. The molecule has 0 saturated heterocycles. The Hall–Kier alpha value is -2.47. The fourth-order valence-electron chi connectivity index (χ4n) is 3.15. The van der Waals surface area contributed by atoms with Crippen molar-refractivity contribution in [1.29, 1.82) is 5.26 Å². The topological polar surface area (TPSA) is 28.7 Å². The maximum atomic E-state index is 9.63. The molecular formula is C22H18Cl2N2. The number of nitriles is 1. The van der Waals surface area contributed by atoms with Crippen molar-refractivity contribution >= 4 is 34.9 Å². The number of aromatic nitrogens is 1. The molecule has 0 aliphatic heterocycles. The van der Waals surface area contributed by atoms with Gasteiger partial charge in [-0.15, -0.1) is 0 Å². The first-order valence-electron chi connectivity index (χ1n) is 8.25. The van der Waals surface area contributed by atoms with Crippen molar-refractivity contribution in [1.82, 2.24) is 4.57 Å². The molecule has 0 spiro atoms. The second kappa shape index (κ2) is 7.41. The summed E-state index contributed by atoms with van der Waals surface area (Å²) in [6, 6.07) is 17.6. The van der Waals surface area contributed by atoms with Gasteiger partial charge in [-0.05, 0) is 62.2 Å². The largest absolute Gasteiger partial charge is 0.318 e. The van der Waals surface area contributed by atoms with Crippen molar-refractivity contribution in [2.75, 3.05) is 0 Å². The average Bonchev–Trinajstić information content (AvgIpc) is 2.90. The lowest BCUT2D eigenvalue weighted by Crippen LogP contribution is -2.01. The SMILES string of the molecule is Cc1c(Cl)cccc1-n1c(C)cc(C=C(C#N)c2ccccc2Cl)c1C. The number of nitrogens with zero attached hydrogens (tertiary/aromatic N) is 2. The minimum atomic E-state index is 0.540. The van der Waals surface area contributed by atoms with Gasteiger partial charge in [-0.3, -0.25) is 0 Å². The molecule has 1 heterocycles. The molecule has 0 amide bonds. The van der Waals surface area contributed by atoms with Crippen LogP contribution >= 0.6 is 23.2 Å². The van der Waals surface area contributed by atoms with Crippen molar-refractivity contribution in [3.05, 3.63) is 86.7 Å². The van der Waals surface area contributed by atoms with Crippen molar-refractivity contribution in [2.45, 2.75) is 20.8 Å². The third-order valence-electron chi connectivity index (χ3n) is 4.53. The van der Waals surface area contributed by atoms with Gasteiger partial charge in [0.15, 0.2) is 0 Å². The highest BCUT2D eigenvalue weighted by Gasteiger charge is 2.14. The van der Waals surface area contributed by atoms with Crippen LogP contribution < -0.4 is 0 Å². The van der Waals surface area contributed by atoms with Crippen LogP contribution in [-0.2, 0) is 0 Å². The van der Waals surface area contributed by atoms with Crippen LogP contribution in [0, 0.1) is 32.1 Å². The Balaban J connectivity index is 2.16. The summed E-state index contributed by atoms with van der Waals surface area (Å²) in [7, 11) is 0. The monoisotopic (exact) mass is 380 g/mol. The summed E-state index contributed by atoms with van der Waals surface area (Å²) in [6.45, 7) is 6.10. The molecule has 0 N–H and O–H groups in total. The summed E-state index contributed by atoms with van der Waals surface area (Å²) >= 11 is 12.6. The Labute approximate surface area is 163 Å². The number of hydrogen-bond acceptors (Lipinski definition) is 1. The highest BCUT2D eigenvalue weighted by molar-refractivity contribution is 6.32. The van der Waals surface area contributed by atoms with E-state index in [0.717, 1.165) is 38.8 Å². The second-order valence-electron chi connectivity index (χ2n) is 6.20. The van der Waals surface area contributed by atoms with Crippen molar-refractivity contribution in [3.63, 3.8) is 0 Å². The molecule has 0 atom stereocenters. The molecule has 0 saturated carbocycles. The van der Waals surface area contributed by atoms with Crippen molar-refractivity contribution in [2.24, 2.45) is 0 Å². The van der Waals surface area contributed by atoms with Gasteiger partial charge in [-0.1, -0.05) is 47.5 Å².